The van der Waals surface area contributed by atoms with E-state index in [2.05, 4.69) is 41.3 Å². The summed E-state index contributed by atoms with van der Waals surface area (Å²) in [5.41, 5.74) is 0. The summed E-state index contributed by atoms with van der Waals surface area (Å²) >= 11 is 1.32. The lowest BCUT2D eigenvalue weighted by molar-refractivity contribution is 0.0413. The monoisotopic (exact) mass is 283 g/mol. The van der Waals surface area contributed by atoms with Crippen LogP contribution in [0, 0.1) is 0 Å². The Balaban J connectivity index is 2.06. The second kappa shape index (κ2) is 5.83. The van der Waals surface area contributed by atoms with Crippen molar-refractivity contribution >= 4 is 22.4 Å². The lowest BCUT2D eigenvalue weighted by Crippen LogP contribution is -2.56. The van der Waals surface area contributed by atoms with E-state index in [9.17, 15) is 4.79 Å². The Labute approximate surface area is 117 Å². The van der Waals surface area contributed by atoms with E-state index in [1.807, 2.05) is 11.8 Å². The molecule has 0 bridgehead atoms. The number of amides is 1. The number of likely N-dealkylation sites (N-methyl/N-ethyl adjacent to an activating group) is 1. The van der Waals surface area contributed by atoms with E-state index < -0.39 is 0 Å². The van der Waals surface area contributed by atoms with Gasteiger partial charge in [-0.25, -0.2) is 0 Å². The van der Waals surface area contributed by atoms with E-state index >= 15 is 0 Å². The lowest BCUT2D eigenvalue weighted by atomic mass is 10.1. The average Bonchev–Trinajstić information content (AvgIpc) is 2.83. The fourth-order valence-electron chi connectivity index (χ4n) is 2.24. The van der Waals surface area contributed by atoms with Crippen LogP contribution in [0.1, 0.15) is 30.6 Å². The number of hydrogen-bond acceptors (Lipinski definition) is 6. The zero-order valence-electron chi connectivity index (χ0n) is 11.9. The summed E-state index contributed by atoms with van der Waals surface area (Å²) in [6.45, 7) is 8.55. The second-order valence-electron chi connectivity index (χ2n) is 5.02. The highest BCUT2D eigenvalue weighted by Gasteiger charge is 2.31. The first-order chi connectivity index (χ1) is 9.02. The quantitative estimate of drug-likeness (QED) is 0.901. The molecule has 2 unspecified atom stereocenters. The minimum Gasteiger partial charge on any atom is -0.360 e. The molecule has 0 radical (unpaired) electrons. The van der Waals surface area contributed by atoms with Crippen LogP contribution in [0.4, 0.5) is 5.13 Å². The predicted octanol–water partition coefficient (Wildman–Crippen LogP) is 1.13. The summed E-state index contributed by atoms with van der Waals surface area (Å²) in [5, 5.41) is 12.2. The summed E-state index contributed by atoms with van der Waals surface area (Å²) in [4.78, 5) is 16.6. The van der Waals surface area contributed by atoms with E-state index in [4.69, 9.17) is 0 Å². The maximum Gasteiger partial charge on any atom is 0.285 e. The van der Waals surface area contributed by atoms with E-state index in [1.54, 1.807) is 0 Å². The summed E-state index contributed by atoms with van der Waals surface area (Å²) in [7, 11) is 2.10. The first kappa shape index (κ1) is 14.2. The highest BCUT2D eigenvalue weighted by Crippen LogP contribution is 2.20. The first-order valence-electron chi connectivity index (χ1n) is 6.61. The Morgan fingerprint density at radius 2 is 2.00 bits per heavy atom. The van der Waals surface area contributed by atoms with E-state index in [-0.39, 0.29) is 5.91 Å². The predicted molar refractivity (Wildman–Crippen MR) is 76.7 cm³/mol. The number of carbonyl (C=O) groups excluding carboxylic acids is 1. The first-order valence-corrected chi connectivity index (χ1v) is 7.43. The minimum atomic E-state index is -0.00606. The van der Waals surface area contributed by atoms with Gasteiger partial charge in [-0.15, -0.1) is 10.2 Å². The highest BCUT2D eigenvalue weighted by atomic mass is 32.1. The molecule has 0 aliphatic carbocycles. The molecule has 1 aliphatic rings. The molecule has 106 valence electrons. The number of anilines is 1. The molecule has 1 amide bonds. The SMILES string of the molecule is CCNc1nnc(C(=O)N2CC(C)N(C)C(C)C2)s1. The third kappa shape index (κ3) is 3.03. The molecule has 6 nitrogen and oxygen atoms in total. The van der Waals surface area contributed by atoms with Gasteiger partial charge < -0.3 is 10.2 Å². The standard InChI is InChI=1S/C12H21N5OS/c1-5-13-12-15-14-10(19-12)11(18)17-6-8(2)16(4)9(3)7-17/h8-9H,5-7H2,1-4H3,(H,13,15). The van der Waals surface area contributed by atoms with E-state index in [1.165, 1.54) is 11.3 Å². The number of nitrogens with one attached hydrogen (secondary N) is 1. The zero-order valence-corrected chi connectivity index (χ0v) is 12.7. The maximum atomic E-state index is 12.4. The van der Waals surface area contributed by atoms with Gasteiger partial charge in [0.25, 0.3) is 5.91 Å². The normalized spacial score (nSPS) is 24.5. The second-order valence-corrected chi connectivity index (χ2v) is 5.99. The molecule has 7 heteroatoms. The number of aromatic nitrogens is 2. The molecular weight excluding hydrogens is 262 g/mol. The van der Waals surface area contributed by atoms with Crippen LogP contribution in [0.25, 0.3) is 0 Å². The van der Waals surface area contributed by atoms with Gasteiger partial charge in [0.2, 0.25) is 10.1 Å². The fraction of sp³-hybridized carbons (Fsp3) is 0.750. The number of rotatable bonds is 3. The fourth-order valence-corrected chi connectivity index (χ4v) is 3.02. The molecule has 2 atom stereocenters. The molecular formula is C12H21N5OS. The van der Waals surface area contributed by atoms with Crippen molar-refractivity contribution in [2.24, 2.45) is 0 Å². The van der Waals surface area contributed by atoms with Crippen LogP contribution in [0.2, 0.25) is 0 Å². The smallest absolute Gasteiger partial charge is 0.285 e. The van der Waals surface area contributed by atoms with Crippen LogP contribution in [0.5, 0.6) is 0 Å². The Kier molecular flexibility index (Phi) is 4.36. The van der Waals surface area contributed by atoms with Gasteiger partial charge in [-0.05, 0) is 27.8 Å². The zero-order chi connectivity index (χ0) is 14.0. The van der Waals surface area contributed by atoms with Crippen molar-refractivity contribution in [1.82, 2.24) is 20.0 Å². The Morgan fingerprint density at radius 1 is 1.37 bits per heavy atom. The summed E-state index contributed by atoms with van der Waals surface area (Å²) in [6, 6.07) is 0.739. The van der Waals surface area contributed by atoms with Gasteiger partial charge in [0.05, 0.1) is 0 Å². The largest absolute Gasteiger partial charge is 0.360 e. The van der Waals surface area contributed by atoms with Crippen molar-refractivity contribution in [3.8, 4) is 0 Å². The van der Waals surface area contributed by atoms with Crippen molar-refractivity contribution < 1.29 is 4.79 Å². The van der Waals surface area contributed by atoms with Gasteiger partial charge in [-0.3, -0.25) is 9.69 Å². The molecule has 2 rings (SSSR count). The summed E-state index contributed by atoms with van der Waals surface area (Å²) in [5.74, 6) is -0.00606. The number of hydrogen-bond donors (Lipinski definition) is 1. The van der Waals surface area contributed by atoms with Gasteiger partial charge in [-0.1, -0.05) is 11.3 Å². The number of carbonyl (C=O) groups is 1. The van der Waals surface area contributed by atoms with Crippen molar-refractivity contribution in [2.75, 3.05) is 32.0 Å². The third-order valence-electron chi connectivity index (χ3n) is 3.58. The highest BCUT2D eigenvalue weighted by molar-refractivity contribution is 7.17. The lowest BCUT2D eigenvalue weighted by Gasteiger charge is -2.42. The van der Waals surface area contributed by atoms with E-state index in [0.717, 1.165) is 19.6 Å². The summed E-state index contributed by atoms with van der Waals surface area (Å²) in [6.07, 6.45) is 0. The Bertz CT molecular complexity index is 437. The van der Waals surface area contributed by atoms with Crippen molar-refractivity contribution in [3.63, 3.8) is 0 Å². The molecule has 1 fully saturated rings. The molecule has 1 saturated heterocycles. The van der Waals surface area contributed by atoms with Crippen LogP contribution < -0.4 is 5.32 Å². The van der Waals surface area contributed by atoms with Crippen molar-refractivity contribution in [3.05, 3.63) is 5.01 Å². The van der Waals surface area contributed by atoms with Crippen LogP contribution in [0.3, 0.4) is 0 Å². The minimum absolute atomic E-state index is 0.00606. The van der Waals surface area contributed by atoms with Crippen LogP contribution in [0.15, 0.2) is 0 Å². The molecule has 1 aromatic heterocycles. The Morgan fingerprint density at radius 3 is 2.58 bits per heavy atom. The molecule has 1 aromatic rings. The van der Waals surface area contributed by atoms with Gasteiger partial charge in [-0.2, -0.15) is 0 Å². The molecule has 0 spiro atoms. The summed E-state index contributed by atoms with van der Waals surface area (Å²) < 4.78 is 0. The Hall–Kier alpha value is -1.21. The maximum absolute atomic E-state index is 12.4. The molecule has 2 heterocycles. The third-order valence-corrected chi connectivity index (χ3v) is 4.45. The van der Waals surface area contributed by atoms with Crippen LogP contribution >= 0.6 is 11.3 Å². The average molecular weight is 283 g/mol. The van der Waals surface area contributed by atoms with Gasteiger partial charge in [0.15, 0.2) is 0 Å². The van der Waals surface area contributed by atoms with Crippen LogP contribution in [-0.2, 0) is 0 Å². The van der Waals surface area contributed by atoms with Gasteiger partial charge >= 0.3 is 0 Å². The molecule has 0 aromatic carbocycles. The number of piperazine rings is 1. The number of nitrogens with zero attached hydrogens (tertiary/aromatic N) is 4. The van der Waals surface area contributed by atoms with Crippen molar-refractivity contribution in [2.45, 2.75) is 32.9 Å². The van der Waals surface area contributed by atoms with Gasteiger partial charge in [0.1, 0.15) is 0 Å². The van der Waals surface area contributed by atoms with Crippen LogP contribution in [-0.4, -0.2) is 64.7 Å². The van der Waals surface area contributed by atoms with Crippen molar-refractivity contribution in [1.29, 1.82) is 0 Å². The molecule has 1 aliphatic heterocycles. The van der Waals surface area contributed by atoms with E-state index in [0.29, 0.717) is 22.2 Å². The molecule has 19 heavy (non-hydrogen) atoms. The topological polar surface area (TPSA) is 61.4 Å². The molecule has 0 saturated carbocycles. The molecule has 1 N–H and O–H groups in total. The van der Waals surface area contributed by atoms with Gasteiger partial charge in [0, 0.05) is 31.7 Å².